The molecule has 0 aliphatic heterocycles. The first-order valence-corrected chi connectivity index (χ1v) is 9.93. The van der Waals surface area contributed by atoms with Gasteiger partial charge in [-0.1, -0.05) is 54.6 Å². The quantitative estimate of drug-likeness (QED) is 0.390. The van der Waals surface area contributed by atoms with E-state index in [9.17, 15) is 4.79 Å². The van der Waals surface area contributed by atoms with Gasteiger partial charge in [-0.3, -0.25) is 4.79 Å². The van der Waals surface area contributed by atoms with E-state index in [4.69, 9.17) is 14.2 Å². The molecule has 0 bridgehead atoms. The summed E-state index contributed by atoms with van der Waals surface area (Å²) in [5.74, 6) is 1.66. The van der Waals surface area contributed by atoms with Crippen LogP contribution in [0.15, 0.2) is 72.9 Å². The number of carbonyl (C=O) groups is 1. The van der Waals surface area contributed by atoms with Crippen molar-refractivity contribution in [1.82, 2.24) is 4.57 Å². The first kappa shape index (κ1) is 19.0. The lowest BCUT2D eigenvalue weighted by atomic mass is 10.0. The Bertz CT molecular complexity index is 1280. The number of ether oxygens (including phenoxy) is 3. The summed E-state index contributed by atoms with van der Waals surface area (Å²) in [6.07, 6.45) is 1.90. The Labute approximate surface area is 180 Å². The molecule has 0 saturated heterocycles. The molecule has 0 saturated carbocycles. The number of aromatic nitrogens is 1. The fraction of sp³-hybridized carbons (Fsp3) is 0.115. The SMILES string of the molecule is COc1cc(-n2cc3c(c2-c2ccccc2)-c2ccccc2C3=O)cc(OC)c1OC. The van der Waals surface area contributed by atoms with Gasteiger partial charge in [0.1, 0.15) is 0 Å². The minimum absolute atomic E-state index is 0.0361. The smallest absolute Gasteiger partial charge is 0.203 e. The molecule has 1 aromatic heterocycles. The standard InChI is InChI=1S/C26H21NO4/c1-29-21-13-17(14-22(30-2)26(21)31-3)27-15-20-23(24(27)16-9-5-4-6-10-16)18-11-7-8-12-19(18)25(20)28/h4-15H,1-3H3. The number of nitrogens with zero attached hydrogens (tertiary/aromatic N) is 1. The fourth-order valence-electron chi connectivity index (χ4n) is 4.28. The minimum atomic E-state index is 0.0361. The topological polar surface area (TPSA) is 49.7 Å². The van der Waals surface area contributed by atoms with Crippen LogP contribution in [0.5, 0.6) is 17.2 Å². The van der Waals surface area contributed by atoms with Crippen molar-refractivity contribution in [2.24, 2.45) is 0 Å². The number of rotatable bonds is 5. The van der Waals surface area contributed by atoms with Crippen molar-refractivity contribution >= 4 is 5.78 Å². The summed E-state index contributed by atoms with van der Waals surface area (Å²) < 4.78 is 18.6. The van der Waals surface area contributed by atoms with Crippen LogP contribution in [0.2, 0.25) is 0 Å². The van der Waals surface area contributed by atoms with Crippen molar-refractivity contribution in [2.75, 3.05) is 21.3 Å². The van der Waals surface area contributed by atoms with E-state index >= 15 is 0 Å². The molecule has 0 atom stereocenters. The third-order valence-electron chi connectivity index (χ3n) is 5.67. The van der Waals surface area contributed by atoms with Crippen LogP contribution in [0, 0.1) is 0 Å². The van der Waals surface area contributed by atoms with Crippen LogP contribution in [0.4, 0.5) is 0 Å². The highest BCUT2D eigenvalue weighted by Crippen LogP contribution is 2.47. The highest BCUT2D eigenvalue weighted by Gasteiger charge is 2.33. The van der Waals surface area contributed by atoms with Gasteiger partial charge in [0.2, 0.25) is 5.75 Å². The van der Waals surface area contributed by atoms with Crippen molar-refractivity contribution < 1.29 is 19.0 Å². The van der Waals surface area contributed by atoms with Crippen molar-refractivity contribution in [3.8, 4) is 45.3 Å². The van der Waals surface area contributed by atoms with E-state index < -0.39 is 0 Å². The van der Waals surface area contributed by atoms with Gasteiger partial charge in [-0.15, -0.1) is 0 Å². The van der Waals surface area contributed by atoms with Crippen LogP contribution in [-0.4, -0.2) is 31.7 Å². The fourth-order valence-corrected chi connectivity index (χ4v) is 4.28. The lowest BCUT2D eigenvalue weighted by Crippen LogP contribution is -2.02. The predicted octanol–water partition coefficient (Wildman–Crippen LogP) is 5.38. The molecule has 1 heterocycles. The molecule has 0 N–H and O–H groups in total. The largest absolute Gasteiger partial charge is 0.493 e. The van der Waals surface area contributed by atoms with Crippen LogP contribution in [0.25, 0.3) is 28.1 Å². The van der Waals surface area contributed by atoms with E-state index in [2.05, 4.69) is 12.1 Å². The van der Waals surface area contributed by atoms with Gasteiger partial charge < -0.3 is 18.8 Å². The number of hydrogen-bond donors (Lipinski definition) is 0. The summed E-state index contributed by atoms with van der Waals surface area (Å²) in [5.41, 5.74) is 6.10. The average Bonchev–Trinajstić information content (AvgIpc) is 3.35. The first-order chi connectivity index (χ1) is 15.2. The Morgan fingerprint density at radius 1 is 0.710 bits per heavy atom. The molecule has 0 spiro atoms. The van der Waals surface area contributed by atoms with E-state index in [1.54, 1.807) is 21.3 Å². The monoisotopic (exact) mass is 411 g/mol. The number of fused-ring (bicyclic) bond motifs is 3. The lowest BCUT2D eigenvalue weighted by molar-refractivity contribution is 0.104. The van der Waals surface area contributed by atoms with Gasteiger partial charge in [0.15, 0.2) is 17.3 Å². The Balaban J connectivity index is 1.84. The van der Waals surface area contributed by atoms with Crippen molar-refractivity contribution in [3.05, 3.63) is 84.1 Å². The van der Waals surface area contributed by atoms with Crippen LogP contribution in [-0.2, 0) is 0 Å². The van der Waals surface area contributed by atoms with E-state index in [1.165, 1.54) is 0 Å². The molecule has 5 nitrogen and oxygen atoms in total. The van der Waals surface area contributed by atoms with Gasteiger partial charge in [-0.25, -0.2) is 0 Å². The van der Waals surface area contributed by atoms with Crippen LogP contribution in [0.3, 0.4) is 0 Å². The summed E-state index contributed by atoms with van der Waals surface area (Å²) >= 11 is 0. The summed E-state index contributed by atoms with van der Waals surface area (Å²) in [6.45, 7) is 0. The molecule has 0 radical (unpaired) electrons. The summed E-state index contributed by atoms with van der Waals surface area (Å²) in [5, 5.41) is 0. The third-order valence-corrected chi connectivity index (χ3v) is 5.67. The van der Waals surface area contributed by atoms with E-state index in [0.29, 0.717) is 22.8 Å². The van der Waals surface area contributed by atoms with Crippen molar-refractivity contribution in [2.45, 2.75) is 0 Å². The molecule has 3 aromatic carbocycles. The zero-order valence-corrected chi connectivity index (χ0v) is 17.5. The highest BCUT2D eigenvalue weighted by molar-refractivity contribution is 6.24. The summed E-state index contributed by atoms with van der Waals surface area (Å²) in [7, 11) is 4.76. The second-order valence-electron chi connectivity index (χ2n) is 7.26. The van der Waals surface area contributed by atoms with Gasteiger partial charge in [-0.2, -0.15) is 0 Å². The maximum Gasteiger partial charge on any atom is 0.203 e. The second kappa shape index (κ2) is 7.36. The summed E-state index contributed by atoms with van der Waals surface area (Å²) in [6, 6.07) is 21.6. The van der Waals surface area contributed by atoms with Crippen LogP contribution in [0.1, 0.15) is 15.9 Å². The molecule has 1 aliphatic rings. The number of methoxy groups -OCH3 is 3. The maximum absolute atomic E-state index is 13.2. The van der Waals surface area contributed by atoms with Crippen molar-refractivity contribution in [1.29, 1.82) is 0 Å². The van der Waals surface area contributed by atoms with E-state index in [0.717, 1.165) is 33.6 Å². The Kier molecular flexibility index (Phi) is 4.51. The van der Waals surface area contributed by atoms with Crippen LogP contribution < -0.4 is 14.2 Å². The van der Waals surface area contributed by atoms with Gasteiger partial charge in [0.25, 0.3) is 0 Å². The molecule has 0 unspecified atom stereocenters. The van der Waals surface area contributed by atoms with Gasteiger partial charge >= 0.3 is 0 Å². The Morgan fingerprint density at radius 2 is 1.32 bits per heavy atom. The zero-order chi connectivity index (χ0) is 21.5. The first-order valence-electron chi connectivity index (χ1n) is 9.93. The molecule has 5 rings (SSSR count). The zero-order valence-electron chi connectivity index (χ0n) is 17.5. The van der Waals surface area contributed by atoms with E-state index in [1.807, 2.05) is 65.4 Å². The molecule has 0 amide bonds. The second-order valence-corrected chi connectivity index (χ2v) is 7.26. The molecule has 4 aromatic rings. The number of hydrogen-bond acceptors (Lipinski definition) is 4. The molecule has 154 valence electrons. The Morgan fingerprint density at radius 3 is 1.94 bits per heavy atom. The molecular formula is C26H21NO4. The normalized spacial score (nSPS) is 11.8. The van der Waals surface area contributed by atoms with E-state index in [-0.39, 0.29) is 5.78 Å². The average molecular weight is 411 g/mol. The lowest BCUT2D eigenvalue weighted by Gasteiger charge is -2.17. The minimum Gasteiger partial charge on any atom is -0.493 e. The molecular weight excluding hydrogens is 390 g/mol. The van der Waals surface area contributed by atoms with Gasteiger partial charge in [-0.05, 0) is 11.1 Å². The molecule has 5 heteroatoms. The van der Waals surface area contributed by atoms with Gasteiger partial charge in [0, 0.05) is 35.0 Å². The molecule has 1 aliphatic carbocycles. The molecule has 31 heavy (non-hydrogen) atoms. The summed E-state index contributed by atoms with van der Waals surface area (Å²) in [4.78, 5) is 13.2. The highest BCUT2D eigenvalue weighted by atomic mass is 16.5. The maximum atomic E-state index is 13.2. The predicted molar refractivity (Wildman–Crippen MR) is 120 cm³/mol. The Hall–Kier alpha value is -3.99. The number of carbonyl (C=O) groups excluding carboxylic acids is 1. The number of benzene rings is 3. The van der Waals surface area contributed by atoms with Crippen LogP contribution >= 0.6 is 0 Å². The third kappa shape index (κ3) is 2.81. The molecule has 0 fully saturated rings. The van der Waals surface area contributed by atoms with Gasteiger partial charge in [0.05, 0.1) is 32.7 Å². The number of ketones is 1. The van der Waals surface area contributed by atoms with Crippen molar-refractivity contribution in [3.63, 3.8) is 0 Å².